The number of aromatic nitrogens is 1. The van der Waals surface area contributed by atoms with E-state index in [-0.39, 0.29) is 0 Å². The van der Waals surface area contributed by atoms with Crippen molar-refractivity contribution in [1.82, 2.24) is 4.37 Å². The van der Waals surface area contributed by atoms with Crippen LogP contribution in [-0.2, 0) is 0 Å². The maximum absolute atomic E-state index is 8.80. The van der Waals surface area contributed by atoms with E-state index in [1.165, 1.54) is 30.8 Å². The Morgan fingerprint density at radius 3 is 3.07 bits per heavy atom. The summed E-state index contributed by atoms with van der Waals surface area (Å²) in [6.45, 7) is 0.915. The zero-order valence-corrected chi connectivity index (χ0v) is 9.16. The Hall–Kier alpha value is -0.790. The van der Waals surface area contributed by atoms with E-state index in [0.29, 0.717) is 10.7 Å². The summed E-state index contributed by atoms with van der Waals surface area (Å²) in [5, 5.41) is 13.1. The molecule has 1 N–H and O–H groups in total. The van der Waals surface area contributed by atoms with Gasteiger partial charge in [0, 0.05) is 6.54 Å². The van der Waals surface area contributed by atoms with Gasteiger partial charge in [0.05, 0.1) is 0 Å². The van der Waals surface area contributed by atoms with Crippen LogP contribution < -0.4 is 5.32 Å². The molecule has 1 heterocycles. The van der Waals surface area contributed by atoms with Crippen molar-refractivity contribution >= 4 is 28.1 Å². The molecular formula is C9H10ClN3S. The second kappa shape index (κ2) is 4.16. The number of anilines is 1. The quantitative estimate of drug-likeness (QED) is 0.861. The van der Waals surface area contributed by atoms with Crippen molar-refractivity contribution in [3.8, 4) is 6.07 Å². The second-order valence-electron chi connectivity index (χ2n) is 3.45. The van der Waals surface area contributed by atoms with Crippen LogP contribution >= 0.6 is 23.1 Å². The molecule has 1 aliphatic carbocycles. The lowest BCUT2D eigenvalue weighted by atomic mass is 10.3. The molecular weight excluding hydrogens is 218 g/mol. The van der Waals surface area contributed by atoms with Gasteiger partial charge in [0.25, 0.3) is 0 Å². The van der Waals surface area contributed by atoms with Crippen molar-refractivity contribution in [2.45, 2.75) is 19.3 Å². The van der Waals surface area contributed by atoms with Crippen LogP contribution in [0.25, 0.3) is 0 Å². The molecule has 1 aliphatic rings. The van der Waals surface area contributed by atoms with Crippen molar-refractivity contribution in [2.24, 2.45) is 5.92 Å². The van der Waals surface area contributed by atoms with E-state index in [9.17, 15) is 0 Å². The highest BCUT2D eigenvalue weighted by atomic mass is 35.5. The lowest BCUT2D eigenvalue weighted by Crippen LogP contribution is -2.01. The number of hydrogen-bond acceptors (Lipinski definition) is 4. The summed E-state index contributed by atoms with van der Waals surface area (Å²) in [7, 11) is 0. The minimum atomic E-state index is 0.312. The largest absolute Gasteiger partial charge is 0.375 e. The summed E-state index contributed by atoms with van der Waals surface area (Å²) in [5.41, 5.74) is 0.479. The van der Waals surface area contributed by atoms with Crippen LogP contribution in [0, 0.1) is 17.2 Å². The standard InChI is InChI=1S/C9H10ClN3S/c10-8-7(5-11)9(14-13-8)12-4-3-6-1-2-6/h6,12H,1-4H2. The summed E-state index contributed by atoms with van der Waals surface area (Å²) in [5.74, 6) is 0.899. The van der Waals surface area contributed by atoms with Crippen molar-refractivity contribution in [3.05, 3.63) is 10.7 Å². The normalized spacial score (nSPS) is 15.1. The zero-order valence-electron chi connectivity index (χ0n) is 7.59. The SMILES string of the molecule is N#Cc1c(Cl)nsc1NCCC1CC1. The highest BCUT2D eigenvalue weighted by molar-refractivity contribution is 7.10. The fourth-order valence-electron chi connectivity index (χ4n) is 1.28. The lowest BCUT2D eigenvalue weighted by Gasteiger charge is -2.01. The van der Waals surface area contributed by atoms with Crippen LogP contribution in [0.5, 0.6) is 0 Å². The second-order valence-corrected chi connectivity index (χ2v) is 4.58. The number of halogens is 1. The van der Waals surface area contributed by atoms with Gasteiger partial charge >= 0.3 is 0 Å². The highest BCUT2D eigenvalue weighted by Gasteiger charge is 2.20. The van der Waals surface area contributed by atoms with Crippen molar-refractivity contribution < 1.29 is 0 Å². The first-order chi connectivity index (χ1) is 6.81. The predicted octanol–water partition coefficient (Wildman–Crippen LogP) is 2.88. The number of nitrogens with zero attached hydrogens (tertiary/aromatic N) is 2. The maximum Gasteiger partial charge on any atom is 0.162 e. The van der Waals surface area contributed by atoms with E-state index in [1.54, 1.807) is 0 Å². The molecule has 0 aliphatic heterocycles. The molecule has 0 saturated heterocycles. The van der Waals surface area contributed by atoms with E-state index in [1.807, 2.05) is 0 Å². The molecule has 0 unspecified atom stereocenters. The molecule has 1 aromatic heterocycles. The van der Waals surface area contributed by atoms with Crippen LogP contribution in [0.2, 0.25) is 5.15 Å². The molecule has 1 aromatic rings. The summed E-state index contributed by atoms with van der Waals surface area (Å²) >= 11 is 6.99. The molecule has 3 nitrogen and oxygen atoms in total. The number of nitrogens with one attached hydrogen (secondary N) is 1. The van der Waals surface area contributed by atoms with Gasteiger partial charge in [-0.1, -0.05) is 24.4 Å². The number of rotatable bonds is 4. The highest BCUT2D eigenvalue weighted by Crippen LogP contribution is 2.33. The van der Waals surface area contributed by atoms with Gasteiger partial charge < -0.3 is 5.32 Å². The van der Waals surface area contributed by atoms with Gasteiger partial charge in [-0.25, -0.2) is 0 Å². The average molecular weight is 228 g/mol. The third-order valence-corrected chi connectivity index (χ3v) is 3.48. The van der Waals surface area contributed by atoms with E-state index in [4.69, 9.17) is 16.9 Å². The zero-order chi connectivity index (χ0) is 9.97. The minimum Gasteiger partial charge on any atom is -0.375 e. The van der Waals surface area contributed by atoms with Crippen LogP contribution in [0.1, 0.15) is 24.8 Å². The molecule has 5 heteroatoms. The van der Waals surface area contributed by atoms with Crippen molar-refractivity contribution in [1.29, 1.82) is 5.26 Å². The number of nitriles is 1. The number of hydrogen-bond donors (Lipinski definition) is 1. The Labute approximate surface area is 91.9 Å². The molecule has 0 atom stereocenters. The molecule has 0 amide bonds. The molecule has 74 valence electrons. The van der Waals surface area contributed by atoms with Gasteiger partial charge in [-0.15, -0.1) is 0 Å². The Morgan fingerprint density at radius 2 is 2.43 bits per heavy atom. The minimum absolute atomic E-state index is 0.312. The molecule has 0 bridgehead atoms. The molecule has 0 aromatic carbocycles. The summed E-state index contributed by atoms with van der Waals surface area (Å²) in [6, 6.07) is 2.05. The predicted molar refractivity (Wildman–Crippen MR) is 57.7 cm³/mol. The Morgan fingerprint density at radius 1 is 1.64 bits per heavy atom. The maximum atomic E-state index is 8.80. The van der Waals surface area contributed by atoms with E-state index in [0.717, 1.165) is 17.5 Å². The first-order valence-corrected chi connectivity index (χ1v) is 5.75. The van der Waals surface area contributed by atoms with Gasteiger partial charge in [0.1, 0.15) is 16.6 Å². The molecule has 0 spiro atoms. The smallest absolute Gasteiger partial charge is 0.162 e. The Balaban J connectivity index is 1.91. The van der Waals surface area contributed by atoms with E-state index < -0.39 is 0 Å². The Bertz CT molecular complexity index is 365. The molecule has 0 radical (unpaired) electrons. The van der Waals surface area contributed by atoms with Crippen molar-refractivity contribution in [2.75, 3.05) is 11.9 Å². The average Bonchev–Trinajstić information content (AvgIpc) is 2.92. The van der Waals surface area contributed by atoms with Crippen LogP contribution in [0.3, 0.4) is 0 Å². The monoisotopic (exact) mass is 227 g/mol. The summed E-state index contributed by atoms with van der Waals surface area (Å²) < 4.78 is 3.92. The van der Waals surface area contributed by atoms with Crippen LogP contribution in [0.4, 0.5) is 5.00 Å². The van der Waals surface area contributed by atoms with Gasteiger partial charge in [-0.2, -0.15) is 9.64 Å². The fourth-order valence-corrected chi connectivity index (χ4v) is 2.24. The summed E-state index contributed by atoms with van der Waals surface area (Å²) in [4.78, 5) is 0. The lowest BCUT2D eigenvalue weighted by molar-refractivity contribution is 0.761. The van der Waals surface area contributed by atoms with Gasteiger partial charge in [0.15, 0.2) is 5.15 Å². The topological polar surface area (TPSA) is 48.7 Å². The van der Waals surface area contributed by atoms with Crippen molar-refractivity contribution in [3.63, 3.8) is 0 Å². The van der Waals surface area contributed by atoms with Crippen LogP contribution in [0.15, 0.2) is 0 Å². The molecule has 1 fully saturated rings. The summed E-state index contributed by atoms with van der Waals surface area (Å²) in [6.07, 6.45) is 3.90. The third kappa shape index (κ3) is 2.17. The molecule has 1 saturated carbocycles. The van der Waals surface area contributed by atoms with Gasteiger partial charge in [-0.3, -0.25) is 0 Å². The first kappa shape index (κ1) is 9.75. The fraction of sp³-hybridized carbons (Fsp3) is 0.556. The first-order valence-electron chi connectivity index (χ1n) is 4.60. The molecule has 2 rings (SSSR count). The third-order valence-electron chi connectivity index (χ3n) is 2.30. The van der Waals surface area contributed by atoms with Crippen LogP contribution in [-0.4, -0.2) is 10.9 Å². The van der Waals surface area contributed by atoms with Gasteiger partial charge in [0.2, 0.25) is 0 Å². The van der Waals surface area contributed by atoms with E-state index in [2.05, 4.69) is 15.8 Å². The van der Waals surface area contributed by atoms with Gasteiger partial charge in [-0.05, 0) is 23.9 Å². The van der Waals surface area contributed by atoms with E-state index >= 15 is 0 Å². The molecule has 14 heavy (non-hydrogen) atoms. The Kier molecular flexibility index (Phi) is 2.90.